The predicted molar refractivity (Wildman–Crippen MR) is 255 cm³/mol. The fraction of sp³-hybridized carbons (Fsp3) is 0. The second kappa shape index (κ2) is 31.6. The van der Waals surface area contributed by atoms with Gasteiger partial charge in [-0.25, -0.2) is 0 Å². The second-order valence-corrected chi connectivity index (χ2v) is 13.5. The van der Waals surface area contributed by atoms with Crippen molar-refractivity contribution >= 4 is 141 Å². The van der Waals surface area contributed by atoms with Crippen LogP contribution in [0.5, 0.6) is 0 Å². The molecule has 0 aliphatic carbocycles. The van der Waals surface area contributed by atoms with Crippen LogP contribution in [0.3, 0.4) is 0 Å². The number of nitrogens with two attached hydrogens (primary N) is 6. The molecule has 0 aliphatic heterocycles. The van der Waals surface area contributed by atoms with E-state index < -0.39 is 30.7 Å². The van der Waals surface area contributed by atoms with Crippen molar-refractivity contribution in [3.63, 3.8) is 0 Å². The minimum atomic E-state index is -0.405. The monoisotopic (exact) mass is 1200 g/mol. The Morgan fingerprint density at radius 3 is 0.419 bits per heavy atom. The molecule has 0 saturated heterocycles. The summed E-state index contributed by atoms with van der Waals surface area (Å²) < 4.78 is 0. The van der Waals surface area contributed by atoms with Crippen molar-refractivity contribution in [2.24, 2.45) is 0 Å². The average Bonchev–Trinajstić information content (AvgIpc) is 3.19. The number of hydrogen-bond acceptors (Lipinski definition) is 18. The maximum absolute atomic E-state index is 10.6. The summed E-state index contributed by atoms with van der Waals surface area (Å²) in [5, 5.41) is -2.43. The Labute approximate surface area is 420 Å². The van der Waals surface area contributed by atoms with Crippen LogP contribution in [0.15, 0.2) is 146 Å². The van der Waals surface area contributed by atoms with Crippen LogP contribution in [0.25, 0.3) is 0 Å². The van der Waals surface area contributed by atoms with Crippen LogP contribution in [-0.4, -0.2) is 30.7 Å². The standard InChI is InChI=1S/6C7H7NOS.Mo.Re/c6*8-6-4-2-1-3-5(6)7(9)10;;/h6*1-4H,8H2,(H,9,10);;/p-6. The van der Waals surface area contributed by atoms with Gasteiger partial charge in [0.2, 0.25) is 0 Å². The summed E-state index contributed by atoms with van der Waals surface area (Å²) in [5.41, 5.74) is 37.8. The van der Waals surface area contributed by atoms with E-state index in [2.05, 4.69) is 75.8 Å². The smallest absolute Gasteiger partial charge is 0.0443 e. The van der Waals surface area contributed by atoms with Crippen LogP contribution >= 0.6 is 0 Å². The van der Waals surface area contributed by atoms with E-state index in [1.165, 1.54) is 0 Å². The first-order valence-electron chi connectivity index (χ1n) is 16.6. The Kier molecular flexibility index (Phi) is 30.0. The van der Waals surface area contributed by atoms with Crippen LogP contribution in [0.2, 0.25) is 0 Å². The summed E-state index contributed by atoms with van der Waals surface area (Å²) >= 11 is 26.5. The van der Waals surface area contributed by atoms with Gasteiger partial charge in [0, 0.05) is 140 Å². The summed E-state index contributed by atoms with van der Waals surface area (Å²) in [5.74, 6) is 0. The van der Waals surface area contributed by atoms with Crippen molar-refractivity contribution in [1.82, 2.24) is 0 Å². The molecule has 62 heavy (non-hydrogen) atoms. The molecule has 0 fully saturated rings. The third kappa shape index (κ3) is 22.1. The van der Waals surface area contributed by atoms with Gasteiger partial charge in [0.25, 0.3) is 0 Å². The zero-order chi connectivity index (χ0) is 45.4. The molecule has 0 atom stereocenters. The van der Waals surface area contributed by atoms with Gasteiger partial charge in [-0.2, -0.15) is 0 Å². The van der Waals surface area contributed by atoms with Gasteiger partial charge in [-0.05, 0) is 36.4 Å². The summed E-state index contributed by atoms with van der Waals surface area (Å²) in [6, 6.07) is 40.6. The van der Waals surface area contributed by atoms with Crippen molar-refractivity contribution < 1.29 is 70.3 Å². The molecule has 0 unspecified atom stereocenters. The number of nitrogen functional groups attached to an aromatic ring is 6. The minimum Gasteiger partial charge on any atom is -0.737 e. The van der Waals surface area contributed by atoms with E-state index >= 15 is 0 Å². The zero-order valence-electron chi connectivity index (χ0n) is 32.0. The first-order chi connectivity index (χ1) is 28.3. The number of anilines is 6. The Bertz CT molecular complexity index is 2000. The molecule has 0 saturated carbocycles. The van der Waals surface area contributed by atoms with E-state index in [9.17, 15) is 28.8 Å². The fourth-order valence-corrected chi connectivity index (χ4v) is 5.21. The molecule has 0 spiro atoms. The summed E-state index contributed by atoms with van der Waals surface area (Å²) in [7, 11) is 0. The van der Waals surface area contributed by atoms with E-state index in [0.29, 0.717) is 67.5 Å². The van der Waals surface area contributed by atoms with Crippen molar-refractivity contribution in [3.8, 4) is 0 Å². The quantitative estimate of drug-likeness (QED) is 0.0661. The zero-order valence-corrected chi connectivity index (χ0v) is 41.6. The van der Waals surface area contributed by atoms with Gasteiger partial charge < -0.3 is 139 Å². The van der Waals surface area contributed by atoms with Gasteiger partial charge in [0.15, 0.2) is 0 Å². The summed E-state index contributed by atoms with van der Waals surface area (Å²) in [6.07, 6.45) is 0. The summed E-state index contributed by atoms with van der Waals surface area (Å²) in [4.78, 5) is 63.6. The number of hydrogen-bond donors (Lipinski definition) is 6. The Hall–Kier alpha value is -5.19. The van der Waals surface area contributed by atoms with Crippen LogP contribution in [-0.2, 0) is 117 Å². The third-order valence-electron chi connectivity index (χ3n) is 7.08. The molecule has 6 aromatic rings. The number of carbonyl (C=O) groups is 6. The van der Waals surface area contributed by atoms with Gasteiger partial charge in [0.1, 0.15) is 0 Å². The van der Waals surface area contributed by atoms with Crippen molar-refractivity contribution in [1.29, 1.82) is 0 Å². The second-order valence-electron chi connectivity index (χ2n) is 11.2. The molecule has 12 N–H and O–H groups in total. The molecule has 12 nitrogen and oxygen atoms in total. The van der Waals surface area contributed by atoms with Gasteiger partial charge in [-0.15, -0.1) is 0 Å². The normalized spacial score (nSPS) is 8.90. The third-order valence-corrected chi connectivity index (χ3v) is 8.40. The molecule has 0 aliphatic rings. The average molecular weight is 1200 g/mol. The van der Waals surface area contributed by atoms with Gasteiger partial charge in [-0.3, -0.25) is 0 Å². The number of benzene rings is 6. The molecule has 0 aromatic heterocycles. The molecule has 0 heterocycles. The predicted octanol–water partition coefficient (Wildman–Crippen LogP) is 5.73. The fourth-order valence-electron chi connectivity index (χ4n) is 4.10. The Morgan fingerprint density at radius 1 is 0.258 bits per heavy atom. The molecule has 6 rings (SSSR count). The maximum atomic E-state index is 10.6. The van der Waals surface area contributed by atoms with E-state index in [1.807, 2.05) is 0 Å². The van der Waals surface area contributed by atoms with E-state index in [0.717, 1.165) is 0 Å². The van der Waals surface area contributed by atoms with Crippen LogP contribution < -0.4 is 34.4 Å². The molecular weight excluding hydrogens is 1160 g/mol. The van der Waals surface area contributed by atoms with Crippen molar-refractivity contribution in [2.75, 3.05) is 34.4 Å². The Morgan fingerprint density at radius 2 is 0.355 bits per heavy atom. The minimum absolute atomic E-state index is 0. The molecule has 0 amide bonds. The van der Waals surface area contributed by atoms with Crippen molar-refractivity contribution in [2.45, 2.75) is 0 Å². The topological polar surface area (TPSA) is 259 Å². The summed E-state index contributed by atoms with van der Waals surface area (Å²) in [6.45, 7) is 0. The number of rotatable bonds is 6. The molecular formula is C42H36MoN6O6ReS6-6. The maximum Gasteiger partial charge on any atom is 0.0443 e. The SMILES string of the molecule is Nc1ccccc1C(=O)[S-].Nc1ccccc1C(=O)[S-].Nc1ccccc1C(=O)[S-].Nc1ccccc1C(=O)[S-].Nc1ccccc1C(=O)[S-].Nc1ccccc1C(=O)[S-].[Mo].[Re]. The molecule has 325 valence electrons. The van der Waals surface area contributed by atoms with Crippen LogP contribution in [0.4, 0.5) is 34.1 Å². The molecule has 0 bridgehead atoms. The Balaban J connectivity index is 0. The molecule has 1 radical (unpaired) electrons. The van der Waals surface area contributed by atoms with E-state index in [1.54, 1.807) is 146 Å². The molecule has 6 aromatic carbocycles. The van der Waals surface area contributed by atoms with Crippen LogP contribution in [0, 0.1) is 0 Å². The van der Waals surface area contributed by atoms with Gasteiger partial charge >= 0.3 is 0 Å². The molecule has 20 heteroatoms. The number of para-hydroxylation sites is 6. The van der Waals surface area contributed by atoms with Crippen LogP contribution in [0.1, 0.15) is 62.1 Å². The van der Waals surface area contributed by atoms with Gasteiger partial charge in [0.05, 0.1) is 0 Å². The largest absolute Gasteiger partial charge is 0.737 e. The van der Waals surface area contributed by atoms with Crippen molar-refractivity contribution in [3.05, 3.63) is 179 Å². The van der Waals surface area contributed by atoms with E-state index in [4.69, 9.17) is 34.4 Å². The van der Waals surface area contributed by atoms with Gasteiger partial charge in [-0.1, -0.05) is 109 Å². The number of carbonyl (C=O) groups excluding carboxylic acids is 6. The first-order valence-corrected chi connectivity index (χ1v) is 19.1. The first kappa shape index (κ1) is 58.9. The van der Waals surface area contributed by atoms with E-state index in [-0.39, 0.29) is 41.5 Å².